The van der Waals surface area contributed by atoms with Crippen LogP contribution in [0.1, 0.15) is 5.69 Å². The Morgan fingerprint density at radius 3 is 3.20 bits per heavy atom. The van der Waals surface area contributed by atoms with Crippen molar-refractivity contribution < 1.29 is 0 Å². The molecule has 2 nitrogen and oxygen atoms in total. The van der Waals surface area contributed by atoms with E-state index in [0.717, 1.165) is 5.69 Å². The maximum atomic E-state index is 4.06. The molecule has 0 bridgehead atoms. The molecule has 0 aliphatic heterocycles. The summed E-state index contributed by atoms with van der Waals surface area (Å²) in [5.74, 6) is 0. The van der Waals surface area contributed by atoms with Crippen molar-refractivity contribution >= 4 is 6.21 Å². The highest BCUT2D eigenvalue weighted by Crippen LogP contribution is 1.88. The number of aromatic amines is 1. The third-order valence-corrected chi connectivity index (χ3v) is 1.09. The summed E-state index contributed by atoms with van der Waals surface area (Å²) < 4.78 is 0. The van der Waals surface area contributed by atoms with Crippen LogP contribution in [0.5, 0.6) is 0 Å². The Labute approximate surface area is 60.3 Å². The molecule has 0 spiro atoms. The van der Waals surface area contributed by atoms with Crippen molar-refractivity contribution in [2.24, 2.45) is 4.99 Å². The molecule has 1 rings (SSSR count). The lowest BCUT2D eigenvalue weighted by Gasteiger charge is -1.82. The van der Waals surface area contributed by atoms with Crippen molar-refractivity contribution in [1.82, 2.24) is 4.98 Å². The van der Waals surface area contributed by atoms with Crippen LogP contribution in [-0.2, 0) is 0 Å². The third kappa shape index (κ3) is 1.90. The number of hydrogen-bond donors (Lipinski definition) is 1. The van der Waals surface area contributed by atoms with Gasteiger partial charge in [-0.25, -0.2) is 0 Å². The van der Waals surface area contributed by atoms with Gasteiger partial charge in [-0.05, 0) is 12.1 Å². The second kappa shape index (κ2) is 3.67. The van der Waals surface area contributed by atoms with Crippen molar-refractivity contribution in [2.75, 3.05) is 6.54 Å². The number of rotatable bonds is 3. The van der Waals surface area contributed by atoms with E-state index in [4.69, 9.17) is 0 Å². The average molecular weight is 134 g/mol. The predicted molar refractivity (Wildman–Crippen MR) is 43.5 cm³/mol. The molecular formula is C8H10N2. The van der Waals surface area contributed by atoms with Gasteiger partial charge in [-0.2, -0.15) is 0 Å². The van der Waals surface area contributed by atoms with Crippen LogP contribution in [0.25, 0.3) is 0 Å². The Morgan fingerprint density at radius 1 is 1.70 bits per heavy atom. The van der Waals surface area contributed by atoms with Crippen LogP contribution in [0.2, 0.25) is 0 Å². The Hall–Kier alpha value is -1.31. The van der Waals surface area contributed by atoms with E-state index in [9.17, 15) is 0 Å². The second-order valence-corrected chi connectivity index (χ2v) is 1.91. The lowest BCUT2D eigenvalue weighted by Crippen LogP contribution is -1.79. The van der Waals surface area contributed by atoms with Crippen molar-refractivity contribution in [3.63, 3.8) is 0 Å². The van der Waals surface area contributed by atoms with Gasteiger partial charge in [0, 0.05) is 12.4 Å². The monoisotopic (exact) mass is 134 g/mol. The van der Waals surface area contributed by atoms with Crippen molar-refractivity contribution in [2.45, 2.75) is 0 Å². The van der Waals surface area contributed by atoms with E-state index in [1.54, 1.807) is 12.3 Å². The smallest absolute Gasteiger partial charge is 0.0568 e. The van der Waals surface area contributed by atoms with Gasteiger partial charge in [0.05, 0.1) is 12.2 Å². The molecule has 2 heteroatoms. The predicted octanol–water partition coefficient (Wildman–Crippen LogP) is 1.62. The SMILES string of the molecule is C=CC/N=C\c1ccc[nH]1. The minimum atomic E-state index is 0.680. The minimum Gasteiger partial charge on any atom is -0.360 e. The molecule has 0 radical (unpaired) electrons. The zero-order chi connectivity index (χ0) is 7.23. The fourth-order valence-electron chi connectivity index (χ4n) is 0.650. The molecule has 0 aromatic carbocycles. The molecule has 10 heavy (non-hydrogen) atoms. The van der Waals surface area contributed by atoms with Gasteiger partial charge >= 0.3 is 0 Å². The lowest BCUT2D eigenvalue weighted by atomic mass is 10.5. The third-order valence-electron chi connectivity index (χ3n) is 1.09. The van der Waals surface area contributed by atoms with Gasteiger partial charge in [0.15, 0.2) is 0 Å². The normalized spacial score (nSPS) is 10.4. The Bertz CT molecular complexity index is 209. The van der Waals surface area contributed by atoms with E-state index in [0.29, 0.717) is 6.54 Å². The second-order valence-electron chi connectivity index (χ2n) is 1.91. The summed E-state index contributed by atoms with van der Waals surface area (Å²) in [6.45, 7) is 4.24. The van der Waals surface area contributed by atoms with Gasteiger partial charge < -0.3 is 4.98 Å². The molecule has 1 aromatic rings. The molecule has 0 aliphatic rings. The fraction of sp³-hybridized carbons (Fsp3) is 0.125. The largest absolute Gasteiger partial charge is 0.360 e. The molecule has 0 atom stereocenters. The first-order chi connectivity index (χ1) is 4.93. The van der Waals surface area contributed by atoms with Crippen LogP contribution < -0.4 is 0 Å². The first-order valence-electron chi connectivity index (χ1n) is 3.17. The van der Waals surface area contributed by atoms with Crippen LogP contribution in [0.15, 0.2) is 36.0 Å². The molecule has 0 unspecified atom stereocenters. The number of aliphatic imine (C=N–C) groups is 1. The summed E-state index contributed by atoms with van der Waals surface area (Å²) in [7, 11) is 0. The fourth-order valence-corrected chi connectivity index (χ4v) is 0.650. The van der Waals surface area contributed by atoms with E-state index < -0.39 is 0 Å². The van der Waals surface area contributed by atoms with Crippen molar-refractivity contribution in [1.29, 1.82) is 0 Å². The topological polar surface area (TPSA) is 28.1 Å². The highest BCUT2D eigenvalue weighted by Gasteiger charge is 1.81. The van der Waals surface area contributed by atoms with Gasteiger partial charge in [-0.15, -0.1) is 6.58 Å². The molecule has 1 heterocycles. The Balaban J connectivity index is 2.47. The molecule has 1 N–H and O–H groups in total. The van der Waals surface area contributed by atoms with E-state index in [1.165, 1.54) is 0 Å². The van der Waals surface area contributed by atoms with Gasteiger partial charge in [0.1, 0.15) is 0 Å². The standard InChI is InChI=1S/C8H10N2/c1-2-5-9-7-8-4-3-6-10-8/h2-4,6-7,10H,1,5H2/b9-7-. The van der Waals surface area contributed by atoms with Gasteiger partial charge in [0.25, 0.3) is 0 Å². The minimum absolute atomic E-state index is 0.680. The van der Waals surface area contributed by atoms with Crippen molar-refractivity contribution in [3.05, 3.63) is 36.7 Å². The van der Waals surface area contributed by atoms with Crippen LogP contribution in [0.4, 0.5) is 0 Å². The average Bonchev–Trinajstić information content (AvgIpc) is 2.41. The summed E-state index contributed by atoms with van der Waals surface area (Å²) in [6, 6.07) is 3.90. The van der Waals surface area contributed by atoms with E-state index in [2.05, 4.69) is 16.6 Å². The summed E-state index contributed by atoms with van der Waals surface area (Å²) in [4.78, 5) is 7.07. The van der Waals surface area contributed by atoms with Crippen molar-refractivity contribution in [3.8, 4) is 0 Å². The number of nitrogens with one attached hydrogen (secondary N) is 1. The summed E-state index contributed by atoms with van der Waals surface area (Å²) in [5, 5.41) is 0. The lowest BCUT2D eigenvalue weighted by molar-refractivity contribution is 1.25. The maximum Gasteiger partial charge on any atom is 0.0568 e. The van der Waals surface area contributed by atoms with Gasteiger partial charge in [0.2, 0.25) is 0 Å². The van der Waals surface area contributed by atoms with Gasteiger partial charge in [-0.3, -0.25) is 4.99 Å². The summed E-state index contributed by atoms with van der Waals surface area (Å²) >= 11 is 0. The van der Waals surface area contributed by atoms with Crippen LogP contribution >= 0.6 is 0 Å². The van der Waals surface area contributed by atoms with E-state index in [-0.39, 0.29) is 0 Å². The molecule has 1 aromatic heterocycles. The van der Waals surface area contributed by atoms with Crippen LogP contribution in [-0.4, -0.2) is 17.7 Å². The number of aromatic nitrogens is 1. The van der Waals surface area contributed by atoms with Crippen LogP contribution in [0.3, 0.4) is 0 Å². The highest BCUT2D eigenvalue weighted by molar-refractivity contribution is 5.76. The number of H-pyrrole nitrogens is 1. The number of hydrogen-bond acceptors (Lipinski definition) is 1. The molecule has 0 saturated heterocycles. The molecule has 0 amide bonds. The van der Waals surface area contributed by atoms with Gasteiger partial charge in [-0.1, -0.05) is 6.08 Å². The first-order valence-corrected chi connectivity index (χ1v) is 3.17. The zero-order valence-electron chi connectivity index (χ0n) is 5.75. The molecule has 0 fully saturated rings. The molecule has 0 saturated carbocycles. The first kappa shape index (κ1) is 6.81. The molecular weight excluding hydrogens is 124 g/mol. The summed E-state index contributed by atoms with van der Waals surface area (Å²) in [5.41, 5.74) is 1.03. The number of nitrogens with zero attached hydrogens (tertiary/aromatic N) is 1. The summed E-state index contributed by atoms with van der Waals surface area (Å²) in [6.07, 6.45) is 5.43. The quantitative estimate of drug-likeness (QED) is 0.480. The maximum absolute atomic E-state index is 4.06. The van der Waals surface area contributed by atoms with Crippen LogP contribution in [0, 0.1) is 0 Å². The molecule has 52 valence electrons. The van der Waals surface area contributed by atoms with E-state index >= 15 is 0 Å². The Kier molecular flexibility index (Phi) is 2.49. The Morgan fingerprint density at radius 2 is 2.60 bits per heavy atom. The molecule has 0 aliphatic carbocycles. The van der Waals surface area contributed by atoms with E-state index in [1.807, 2.05) is 18.3 Å². The highest BCUT2D eigenvalue weighted by atomic mass is 14.7. The zero-order valence-corrected chi connectivity index (χ0v) is 5.75.